The second-order valence-corrected chi connectivity index (χ2v) is 11.6. The maximum absolute atomic E-state index is 13.1. The van der Waals surface area contributed by atoms with Gasteiger partial charge in [-0.2, -0.15) is 4.31 Å². The molecule has 2 fully saturated rings. The number of benzene rings is 1. The van der Waals surface area contributed by atoms with Gasteiger partial charge in [0.1, 0.15) is 11.4 Å². The summed E-state index contributed by atoms with van der Waals surface area (Å²) in [5, 5.41) is 15.1. The summed E-state index contributed by atoms with van der Waals surface area (Å²) >= 11 is 0. The molecule has 0 amide bonds. The van der Waals surface area contributed by atoms with E-state index in [4.69, 9.17) is 5.41 Å². The fourth-order valence-electron chi connectivity index (χ4n) is 5.63. The number of aromatic amines is 1. The van der Waals surface area contributed by atoms with E-state index in [0.717, 1.165) is 44.1 Å². The van der Waals surface area contributed by atoms with Crippen molar-refractivity contribution in [3.63, 3.8) is 0 Å². The Morgan fingerprint density at radius 1 is 1.00 bits per heavy atom. The number of amidine groups is 1. The Hall–Kier alpha value is -2.65. The maximum Gasteiger partial charge on any atom is 0.261 e. The highest BCUT2D eigenvalue weighted by molar-refractivity contribution is 7.89. The molecule has 1 aromatic heterocycles. The Morgan fingerprint density at radius 2 is 1.71 bits per heavy atom. The van der Waals surface area contributed by atoms with Gasteiger partial charge in [0.25, 0.3) is 5.56 Å². The van der Waals surface area contributed by atoms with Crippen LogP contribution < -0.4 is 16.2 Å². The normalized spacial score (nSPS) is 21.2. The van der Waals surface area contributed by atoms with Crippen molar-refractivity contribution in [1.82, 2.24) is 9.29 Å². The number of hydrogen-bond donors (Lipinski definition) is 4. The molecule has 2 saturated carbocycles. The van der Waals surface area contributed by atoms with Crippen LogP contribution in [0, 0.1) is 5.41 Å². The molecule has 182 valence electrons. The highest BCUT2D eigenvalue weighted by Gasteiger charge is 2.39. The van der Waals surface area contributed by atoms with E-state index in [9.17, 15) is 13.2 Å². The average Bonchev–Trinajstić information content (AvgIpc) is 3.10. The molecule has 2 aromatic rings. The van der Waals surface area contributed by atoms with E-state index in [1.54, 1.807) is 34.8 Å². The van der Waals surface area contributed by atoms with E-state index in [2.05, 4.69) is 15.6 Å². The number of rotatable bonds is 5. The quantitative estimate of drug-likeness (QED) is 0.371. The zero-order valence-electron chi connectivity index (χ0n) is 19.4. The fourth-order valence-corrected chi connectivity index (χ4v) is 7.49. The second kappa shape index (κ2) is 9.54. The Kier molecular flexibility index (Phi) is 6.48. The maximum atomic E-state index is 13.1. The smallest absolute Gasteiger partial charge is 0.261 e. The average molecular weight is 484 g/mol. The number of sulfonamides is 1. The van der Waals surface area contributed by atoms with Gasteiger partial charge in [0.15, 0.2) is 0 Å². The van der Waals surface area contributed by atoms with Crippen LogP contribution in [0.25, 0.3) is 0 Å². The molecule has 0 spiro atoms. The number of hydrogen-bond acceptors (Lipinski definition) is 5. The van der Waals surface area contributed by atoms with Gasteiger partial charge >= 0.3 is 0 Å². The molecule has 9 heteroatoms. The van der Waals surface area contributed by atoms with Crippen molar-refractivity contribution in [3.05, 3.63) is 51.9 Å². The summed E-state index contributed by atoms with van der Waals surface area (Å²) in [6.45, 7) is 0.367. The molecular formula is C25H33N5O3S. The predicted octanol–water partition coefficient (Wildman–Crippen LogP) is 4.39. The van der Waals surface area contributed by atoms with Crippen LogP contribution in [0.4, 0.5) is 11.4 Å². The molecule has 0 bridgehead atoms. The first-order chi connectivity index (χ1) is 16.4. The van der Waals surface area contributed by atoms with Crippen LogP contribution in [-0.2, 0) is 16.6 Å². The molecule has 0 atom stereocenters. The van der Waals surface area contributed by atoms with Gasteiger partial charge < -0.3 is 15.6 Å². The summed E-state index contributed by atoms with van der Waals surface area (Å²) in [5.74, 6) is -0.00917. The van der Waals surface area contributed by atoms with Crippen LogP contribution in [-0.4, -0.2) is 35.6 Å². The molecule has 34 heavy (non-hydrogen) atoms. The summed E-state index contributed by atoms with van der Waals surface area (Å²) in [7, 11) is -3.49. The van der Waals surface area contributed by atoms with Crippen LogP contribution in [0.1, 0.15) is 75.3 Å². The highest BCUT2D eigenvalue weighted by Crippen LogP contribution is 2.37. The molecule has 2 heterocycles. The molecule has 5 rings (SSSR count). The third kappa shape index (κ3) is 4.51. The van der Waals surface area contributed by atoms with Gasteiger partial charge in [-0.15, -0.1) is 0 Å². The Morgan fingerprint density at radius 3 is 2.44 bits per heavy atom. The summed E-state index contributed by atoms with van der Waals surface area (Å²) < 4.78 is 27.9. The number of pyridine rings is 1. The lowest BCUT2D eigenvalue weighted by Crippen LogP contribution is -2.36. The number of H-pyrrole nitrogens is 1. The largest absolute Gasteiger partial charge is 0.382 e. The lowest BCUT2D eigenvalue weighted by atomic mass is 9.95. The topological polar surface area (TPSA) is 118 Å². The van der Waals surface area contributed by atoms with Gasteiger partial charge in [0.05, 0.1) is 10.6 Å². The van der Waals surface area contributed by atoms with Crippen molar-refractivity contribution in [2.45, 2.75) is 87.7 Å². The monoisotopic (exact) mass is 483 g/mol. The zero-order valence-corrected chi connectivity index (χ0v) is 20.2. The van der Waals surface area contributed by atoms with Gasteiger partial charge in [0.2, 0.25) is 10.0 Å². The van der Waals surface area contributed by atoms with Crippen LogP contribution in [0.2, 0.25) is 0 Å². The number of nitrogens with one attached hydrogen (secondary N) is 4. The minimum absolute atomic E-state index is 0.00917. The van der Waals surface area contributed by atoms with Gasteiger partial charge in [-0.25, -0.2) is 8.42 Å². The molecule has 0 radical (unpaired) electrons. The minimum atomic E-state index is -3.49. The summed E-state index contributed by atoms with van der Waals surface area (Å²) in [6.07, 6.45) is 12.4. The Bertz CT molecular complexity index is 1230. The van der Waals surface area contributed by atoms with E-state index < -0.39 is 10.0 Å². The molecule has 8 nitrogen and oxygen atoms in total. The van der Waals surface area contributed by atoms with Gasteiger partial charge in [-0.05, 0) is 55.5 Å². The molecule has 3 aliphatic rings. The van der Waals surface area contributed by atoms with E-state index >= 15 is 0 Å². The van der Waals surface area contributed by atoms with Crippen LogP contribution in [0.15, 0.2) is 40.2 Å². The Labute approximate surface area is 200 Å². The van der Waals surface area contributed by atoms with Crippen LogP contribution in [0.5, 0.6) is 0 Å². The molecular weight excluding hydrogens is 450 g/mol. The molecule has 4 N–H and O–H groups in total. The number of fused-ring (bicyclic) bond motifs is 1. The highest BCUT2D eigenvalue weighted by atomic mass is 32.2. The summed E-state index contributed by atoms with van der Waals surface area (Å²) in [4.78, 5) is 15.7. The lowest BCUT2D eigenvalue weighted by molar-refractivity contribution is 0.255. The van der Waals surface area contributed by atoms with E-state index in [1.165, 1.54) is 25.7 Å². The van der Waals surface area contributed by atoms with Crippen molar-refractivity contribution in [3.8, 4) is 0 Å². The van der Waals surface area contributed by atoms with Crippen LogP contribution in [0.3, 0.4) is 0 Å². The third-order valence-electron chi connectivity index (χ3n) is 7.40. The number of anilines is 2. The van der Waals surface area contributed by atoms with Crippen molar-refractivity contribution < 1.29 is 8.42 Å². The van der Waals surface area contributed by atoms with Crippen molar-refractivity contribution in [2.24, 2.45) is 0 Å². The predicted molar refractivity (Wildman–Crippen MR) is 134 cm³/mol. The first-order valence-corrected chi connectivity index (χ1v) is 13.9. The van der Waals surface area contributed by atoms with Crippen molar-refractivity contribution in [1.29, 1.82) is 5.41 Å². The first-order valence-electron chi connectivity index (χ1n) is 12.4. The Balaban J connectivity index is 1.36. The molecule has 0 saturated heterocycles. The van der Waals surface area contributed by atoms with Gasteiger partial charge in [-0.3, -0.25) is 10.2 Å². The molecule has 1 aromatic carbocycles. The van der Waals surface area contributed by atoms with Crippen molar-refractivity contribution in [2.75, 3.05) is 10.6 Å². The zero-order chi connectivity index (χ0) is 23.7. The third-order valence-corrected chi connectivity index (χ3v) is 9.40. The summed E-state index contributed by atoms with van der Waals surface area (Å²) in [5.41, 5.74) is 1.94. The molecule has 2 aliphatic carbocycles. The van der Waals surface area contributed by atoms with E-state index in [0.29, 0.717) is 28.9 Å². The van der Waals surface area contributed by atoms with Crippen molar-refractivity contribution >= 4 is 27.2 Å². The standard InChI is InChI=1S/C25H33N5O3S/c26-24(23-21(13-14-27-25(23)31)28-18-7-3-1-4-8-18)29-19-11-12-22-17(15-19)16-30(34(22,32)33)20-9-5-2-6-10-20/h11-15,18,20H,1-10,16H2,(H2,26,29)(H2,27,28,31). The van der Waals surface area contributed by atoms with Gasteiger partial charge in [-0.1, -0.05) is 38.5 Å². The number of aromatic nitrogens is 1. The fraction of sp³-hybridized carbons (Fsp3) is 0.520. The van der Waals surface area contributed by atoms with Crippen LogP contribution >= 0.6 is 0 Å². The summed E-state index contributed by atoms with van der Waals surface area (Å²) in [6, 6.07) is 7.28. The van der Waals surface area contributed by atoms with E-state index in [1.807, 2.05) is 0 Å². The van der Waals surface area contributed by atoms with E-state index in [-0.39, 0.29) is 23.0 Å². The SMILES string of the molecule is N=C(Nc1ccc2c(c1)CN(C1CCCCC1)S2(=O)=O)c1c(NC2CCCCC2)cc[nH]c1=O. The second-order valence-electron chi connectivity index (χ2n) is 9.74. The minimum Gasteiger partial charge on any atom is -0.382 e. The first kappa shape index (κ1) is 23.1. The van der Waals surface area contributed by atoms with Gasteiger partial charge in [0, 0.05) is 30.5 Å². The molecule has 0 unspecified atom stereocenters. The lowest BCUT2D eigenvalue weighted by Gasteiger charge is -2.29. The molecule has 1 aliphatic heterocycles. The number of nitrogens with zero attached hydrogens (tertiary/aromatic N) is 1.